The predicted octanol–water partition coefficient (Wildman–Crippen LogP) is 1.52. The van der Waals surface area contributed by atoms with Crippen LogP contribution in [0.2, 0.25) is 0 Å². The van der Waals surface area contributed by atoms with Gasteiger partial charge in [-0.3, -0.25) is 4.57 Å². The van der Waals surface area contributed by atoms with E-state index in [0.717, 1.165) is 24.9 Å². The highest BCUT2D eigenvalue weighted by Crippen LogP contribution is 1.95. The van der Waals surface area contributed by atoms with Gasteiger partial charge in [0.25, 0.3) is 0 Å². The molecule has 0 atom stereocenters. The third-order valence-electron chi connectivity index (χ3n) is 1.79. The molecule has 0 N–H and O–H groups in total. The van der Waals surface area contributed by atoms with E-state index in [0.29, 0.717) is 0 Å². The molecule has 0 spiro atoms. The van der Waals surface area contributed by atoms with E-state index in [4.69, 9.17) is 0 Å². The lowest BCUT2D eigenvalue weighted by Gasteiger charge is -2.03. The number of allylic oxidation sites excluding steroid dienone is 1. The monoisotopic (exact) mass is 178 g/mol. The fourth-order valence-electron chi connectivity index (χ4n) is 1.13. The van der Waals surface area contributed by atoms with E-state index in [1.54, 1.807) is 10.8 Å². The summed E-state index contributed by atoms with van der Waals surface area (Å²) in [6.07, 6.45) is 7.15. The lowest BCUT2D eigenvalue weighted by Crippen LogP contribution is -2.22. The normalized spacial score (nSPS) is 9.92. The molecular formula is C10H14N2O. The van der Waals surface area contributed by atoms with Crippen LogP contribution in [0.15, 0.2) is 29.8 Å². The Morgan fingerprint density at radius 1 is 1.69 bits per heavy atom. The van der Waals surface area contributed by atoms with Crippen LogP contribution in [0.3, 0.4) is 0 Å². The lowest BCUT2D eigenvalue weighted by molar-refractivity contribution is 0.610. The zero-order valence-corrected chi connectivity index (χ0v) is 7.86. The minimum atomic E-state index is -0.172. The molecule has 0 aliphatic carbocycles. The maximum absolute atomic E-state index is 11.2. The summed E-state index contributed by atoms with van der Waals surface area (Å²) in [5.41, 5.74) is 0.841. The van der Waals surface area contributed by atoms with Crippen molar-refractivity contribution >= 4 is 0 Å². The van der Waals surface area contributed by atoms with Crippen LogP contribution in [0.5, 0.6) is 0 Å². The maximum atomic E-state index is 11.2. The third kappa shape index (κ3) is 2.86. The zero-order valence-electron chi connectivity index (χ0n) is 7.86. The Morgan fingerprint density at radius 2 is 2.46 bits per heavy atom. The van der Waals surface area contributed by atoms with Gasteiger partial charge in [-0.2, -0.15) is 0 Å². The first-order valence-electron chi connectivity index (χ1n) is 4.38. The Balaban J connectivity index is 2.70. The molecule has 0 saturated carbocycles. The molecule has 0 fully saturated rings. The topological polar surface area (TPSA) is 34.9 Å². The van der Waals surface area contributed by atoms with Crippen LogP contribution in [-0.4, -0.2) is 9.55 Å². The Hall–Kier alpha value is -1.38. The molecule has 0 amide bonds. The molecule has 3 nitrogen and oxygen atoms in total. The Kier molecular flexibility index (Phi) is 3.43. The van der Waals surface area contributed by atoms with Crippen LogP contribution in [0.25, 0.3) is 0 Å². The number of hydrogen-bond acceptors (Lipinski definition) is 2. The largest absolute Gasteiger partial charge is 0.347 e. The summed E-state index contributed by atoms with van der Waals surface area (Å²) in [5, 5.41) is 0. The van der Waals surface area contributed by atoms with Gasteiger partial charge < -0.3 is 0 Å². The summed E-state index contributed by atoms with van der Waals surface area (Å²) in [6, 6.07) is 0. The van der Waals surface area contributed by atoms with Gasteiger partial charge in [-0.05, 0) is 25.3 Å². The zero-order chi connectivity index (χ0) is 9.68. The van der Waals surface area contributed by atoms with Crippen molar-refractivity contribution in [2.75, 3.05) is 0 Å². The smallest absolute Gasteiger partial charge is 0.299 e. The minimum Gasteiger partial charge on any atom is -0.299 e. The number of unbranched alkanes of at least 4 members (excludes halogenated alkanes) is 1. The summed E-state index contributed by atoms with van der Waals surface area (Å²) in [7, 11) is 0. The second-order valence-electron chi connectivity index (χ2n) is 3.04. The molecule has 0 aromatic carbocycles. The van der Waals surface area contributed by atoms with Crippen molar-refractivity contribution in [3.05, 3.63) is 41.1 Å². The molecule has 0 saturated heterocycles. The maximum Gasteiger partial charge on any atom is 0.347 e. The molecule has 1 aromatic heterocycles. The summed E-state index contributed by atoms with van der Waals surface area (Å²) in [4.78, 5) is 14.9. The Morgan fingerprint density at radius 3 is 3.15 bits per heavy atom. The minimum absolute atomic E-state index is 0.172. The van der Waals surface area contributed by atoms with Crippen LogP contribution >= 0.6 is 0 Å². The first-order chi connectivity index (χ1) is 6.24. The fourth-order valence-corrected chi connectivity index (χ4v) is 1.13. The summed E-state index contributed by atoms with van der Waals surface area (Å²) < 4.78 is 1.64. The first-order valence-corrected chi connectivity index (χ1v) is 4.38. The van der Waals surface area contributed by atoms with E-state index < -0.39 is 0 Å². The van der Waals surface area contributed by atoms with Crippen molar-refractivity contribution in [2.45, 2.75) is 26.3 Å². The van der Waals surface area contributed by atoms with Gasteiger partial charge in [-0.15, -0.1) is 6.58 Å². The second kappa shape index (κ2) is 4.60. The SMILES string of the molecule is C=CCCCn1cc(C)cnc1=O. The van der Waals surface area contributed by atoms with Gasteiger partial charge in [-0.1, -0.05) is 6.08 Å². The molecular weight excluding hydrogens is 164 g/mol. The molecule has 0 aliphatic heterocycles. The van der Waals surface area contributed by atoms with Gasteiger partial charge in [0.2, 0.25) is 0 Å². The van der Waals surface area contributed by atoms with Gasteiger partial charge in [0, 0.05) is 18.9 Å². The van der Waals surface area contributed by atoms with Crippen molar-refractivity contribution in [1.29, 1.82) is 0 Å². The van der Waals surface area contributed by atoms with E-state index in [9.17, 15) is 4.79 Å². The van der Waals surface area contributed by atoms with Crippen molar-refractivity contribution in [2.24, 2.45) is 0 Å². The predicted molar refractivity (Wildman–Crippen MR) is 52.7 cm³/mol. The van der Waals surface area contributed by atoms with Gasteiger partial charge in [-0.25, -0.2) is 9.78 Å². The van der Waals surface area contributed by atoms with E-state index >= 15 is 0 Å². The standard InChI is InChI=1S/C10H14N2O/c1-3-4-5-6-12-8-9(2)7-11-10(12)13/h3,7-8H,1,4-6H2,2H3. The van der Waals surface area contributed by atoms with E-state index in [1.165, 1.54) is 0 Å². The van der Waals surface area contributed by atoms with Crippen LogP contribution in [-0.2, 0) is 6.54 Å². The number of aryl methyl sites for hydroxylation is 2. The third-order valence-corrected chi connectivity index (χ3v) is 1.79. The number of nitrogens with zero attached hydrogens (tertiary/aromatic N) is 2. The van der Waals surface area contributed by atoms with Gasteiger partial charge in [0.1, 0.15) is 0 Å². The summed E-state index contributed by atoms with van der Waals surface area (Å²) in [5.74, 6) is 0. The average Bonchev–Trinajstić information content (AvgIpc) is 2.11. The number of rotatable bonds is 4. The highest BCUT2D eigenvalue weighted by Gasteiger charge is 1.95. The first kappa shape index (κ1) is 9.71. The Bertz CT molecular complexity index is 341. The van der Waals surface area contributed by atoms with Gasteiger partial charge in [0.15, 0.2) is 0 Å². The molecule has 1 rings (SSSR count). The van der Waals surface area contributed by atoms with Gasteiger partial charge >= 0.3 is 5.69 Å². The van der Waals surface area contributed by atoms with Crippen LogP contribution in [0, 0.1) is 6.92 Å². The average molecular weight is 178 g/mol. The summed E-state index contributed by atoms with van der Waals surface area (Å²) >= 11 is 0. The van der Waals surface area contributed by atoms with Crippen LogP contribution in [0.4, 0.5) is 0 Å². The van der Waals surface area contributed by atoms with Crippen LogP contribution in [0.1, 0.15) is 18.4 Å². The quantitative estimate of drug-likeness (QED) is 0.517. The summed E-state index contributed by atoms with van der Waals surface area (Å²) in [6.45, 7) is 6.28. The highest BCUT2D eigenvalue weighted by atomic mass is 16.1. The van der Waals surface area contributed by atoms with Crippen molar-refractivity contribution in [3.63, 3.8) is 0 Å². The lowest BCUT2D eigenvalue weighted by atomic mass is 10.3. The van der Waals surface area contributed by atoms with Crippen molar-refractivity contribution in [3.8, 4) is 0 Å². The molecule has 13 heavy (non-hydrogen) atoms. The molecule has 70 valence electrons. The number of hydrogen-bond donors (Lipinski definition) is 0. The molecule has 0 radical (unpaired) electrons. The molecule has 0 unspecified atom stereocenters. The van der Waals surface area contributed by atoms with E-state index in [-0.39, 0.29) is 5.69 Å². The van der Waals surface area contributed by atoms with Gasteiger partial charge in [0.05, 0.1) is 0 Å². The molecule has 3 heteroatoms. The van der Waals surface area contributed by atoms with E-state index in [1.807, 2.05) is 19.2 Å². The fraction of sp³-hybridized carbons (Fsp3) is 0.400. The Labute approximate surface area is 77.7 Å². The van der Waals surface area contributed by atoms with E-state index in [2.05, 4.69) is 11.6 Å². The van der Waals surface area contributed by atoms with Crippen molar-refractivity contribution in [1.82, 2.24) is 9.55 Å². The van der Waals surface area contributed by atoms with Crippen molar-refractivity contribution < 1.29 is 0 Å². The van der Waals surface area contributed by atoms with Crippen LogP contribution < -0.4 is 5.69 Å². The second-order valence-corrected chi connectivity index (χ2v) is 3.04. The molecule has 0 bridgehead atoms. The number of aromatic nitrogens is 2. The molecule has 1 aromatic rings. The molecule has 1 heterocycles. The highest BCUT2D eigenvalue weighted by molar-refractivity contribution is 4.99. The molecule has 0 aliphatic rings.